The zero-order valence-corrected chi connectivity index (χ0v) is 13.5. The highest BCUT2D eigenvalue weighted by atomic mass is 16.5. The van der Waals surface area contributed by atoms with Gasteiger partial charge in [0, 0.05) is 13.7 Å². The Labute approximate surface area is 135 Å². The molecule has 1 amide bonds. The average molecular weight is 314 g/mol. The van der Waals surface area contributed by atoms with Crippen LogP contribution in [0, 0.1) is 0 Å². The summed E-state index contributed by atoms with van der Waals surface area (Å²) in [7, 11) is 1.62. The highest BCUT2D eigenvalue weighted by molar-refractivity contribution is 6.00. The molecule has 6 heteroatoms. The van der Waals surface area contributed by atoms with Gasteiger partial charge < -0.3 is 15.4 Å². The summed E-state index contributed by atoms with van der Waals surface area (Å²) in [5.41, 5.74) is 2.68. The Bertz CT molecular complexity index is 681. The number of anilines is 1. The molecule has 0 fully saturated rings. The fourth-order valence-corrected chi connectivity index (χ4v) is 2.89. The molecule has 1 aliphatic rings. The van der Waals surface area contributed by atoms with E-state index in [4.69, 9.17) is 4.74 Å². The summed E-state index contributed by atoms with van der Waals surface area (Å²) >= 11 is 0. The number of amides is 1. The average Bonchev–Trinajstić information content (AvgIpc) is 3.12. The highest BCUT2D eigenvalue weighted by Crippen LogP contribution is 2.33. The summed E-state index contributed by atoms with van der Waals surface area (Å²) in [6.07, 6.45) is 0.727. The third kappa shape index (κ3) is 3.07. The first-order chi connectivity index (χ1) is 11.2. The van der Waals surface area contributed by atoms with E-state index >= 15 is 0 Å². The van der Waals surface area contributed by atoms with Gasteiger partial charge in [0.15, 0.2) is 0 Å². The summed E-state index contributed by atoms with van der Waals surface area (Å²) in [5.74, 6) is 0.715. The molecule has 1 atom stereocenters. The smallest absolute Gasteiger partial charge is 0.257 e. The Morgan fingerprint density at radius 1 is 1.43 bits per heavy atom. The van der Waals surface area contributed by atoms with Gasteiger partial charge in [-0.3, -0.25) is 4.79 Å². The molecule has 0 bridgehead atoms. The molecule has 0 saturated heterocycles. The molecule has 1 aromatic heterocycles. The lowest BCUT2D eigenvalue weighted by Gasteiger charge is -2.12. The van der Waals surface area contributed by atoms with Crippen molar-refractivity contribution in [1.29, 1.82) is 0 Å². The molecule has 0 radical (unpaired) electrons. The lowest BCUT2D eigenvalue weighted by molar-refractivity contribution is 0.0937. The number of rotatable bonds is 6. The van der Waals surface area contributed by atoms with E-state index in [0.29, 0.717) is 18.7 Å². The number of carbonyl (C=O) groups excluding carboxylic acids is 1. The molecule has 1 aliphatic heterocycles. The summed E-state index contributed by atoms with van der Waals surface area (Å²) in [6.45, 7) is 3.73. The lowest BCUT2D eigenvalue weighted by Crippen LogP contribution is -2.28. The van der Waals surface area contributed by atoms with Gasteiger partial charge in [-0.15, -0.1) is 0 Å². The third-order valence-corrected chi connectivity index (χ3v) is 4.05. The Hall–Kier alpha value is -2.34. The SMILES string of the molecule is CCc1nn2c(c1C(=O)NCCOC)NC(c1ccccc1)C2. The van der Waals surface area contributed by atoms with Crippen LogP contribution in [0.1, 0.15) is 34.6 Å². The summed E-state index contributed by atoms with van der Waals surface area (Å²) in [5, 5.41) is 10.9. The molecular formula is C17H22N4O2. The molecule has 2 aromatic rings. The van der Waals surface area contributed by atoms with Gasteiger partial charge in [0.2, 0.25) is 0 Å². The maximum absolute atomic E-state index is 12.5. The number of hydrogen-bond acceptors (Lipinski definition) is 4. The zero-order chi connectivity index (χ0) is 16.2. The van der Waals surface area contributed by atoms with Gasteiger partial charge in [-0.05, 0) is 12.0 Å². The number of benzene rings is 1. The molecule has 1 aromatic carbocycles. The minimum atomic E-state index is -0.0960. The highest BCUT2D eigenvalue weighted by Gasteiger charge is 2.30. The van der Waals surface area contributed by atoms with Crippen LogP contribution in [-0.4, -0.2) is 35.9 Å². The minimum absolute atomic E-state index is 0.0960. The molecule has 23 heavy (non-hydrogen) atoms. The summed E-state index contributed by atoms with van der Waals surface area (Å²) in [6, 6.07) is 10.4. The topological polar surface area (TPSA) is 68.2 Å². The molecule has 0 aliphatic carbocycles. The van der Waals surface area contributed by atoms with Crippen LogP contribution in [-0.2, 0) is 17.7 Å². The van der Waals surface area contributed by atoms with Crippen LogP contribution in [0.15, 0.2) is 30.3 Å². The minimum Gasteiger partial charge on any atom is -0.383 e. The van der Waals surface area contributed by atoms with Crippen LogP contribution in [0.4, 0.5) is 5.82 Å². The van der Waals surface area contributed by atoms with E-state index in [2.05, 4.69) is 27.9 Å². The Morgan fingerprint density at radius 2 is 2.22 bits per heavy atom. The molecule has 1 unspecified atom stereocenters. The van der Waals surface area contributed by atoms with Gasteiger partial charge in [-0.25, -0.2) is 4.68 Å². The molecule has 2 N–H and O–H groups in total. The Morgan fingerprint density at radius 3 is 2.91 bits per heavy atom. The first-order valence-electron chi connectivity index (χ1n) is 7.92. The lowest BCUT2D eigenvalue weighted by atomic mass is 10.1. The molecule has 0 saturated carbocycles. The molecule has 2 heterocycles. The van der Waals surface area contributed by atoms with Crippen molar-refractivity contribution in [2.45, 2.75) is 25.9 Å². The number of aromatic nitrogens is 2. The maximum atomic E-state index is 12.5. The molecular weight excluding hydrogens is 292 g/mol. The molecule has 6 nitrogen and oxygen atoms in total. The number of ether oxygens (including phenoxy) is 1. The quantitative estimate of drug-likeness (QED) is 0.800. The second-order valence-electron chi connectivity index (χ2n) is 5.56. The van der Waals surface area contributed by atoms with Crippen LogP contribution in [0.25, 0.3) is 0 Å². The van der Waals surface area contributed by atoms with E-state index in [1.165, 1.54) is 5.56 Å². The van der Waals surface area contributed by atoms with Gasteiger partial charge >= 0.3 is 0 Å². The first kappa shape index (κ1) is 15.6. The van der Waals surface area contributed by atoms with Gasteiger partial charge in [0.25, 0.3) is 5.91 Å². The number of carbonyl (C=O) groups is 1. The van der Waals surface area contributed by atoms with Crippen molar-refractivity contribution in [3.63, 3.8) is 0 Å². The number of methoxy groups -OCH3 is 1. The number of nitrogens with zero attached hydrogens (tertiary/aromatic N) is 2. The van der Waals surface area contributed by atoms with Crippen molar-refractivity contribution in [3.05, 3.63) is 47.2 Å². The van der Waals surface area contributed by atoms with Crippen LogP contribution in [0.2, 0.25) is 0 Å². The van der Waals surface area contributed by atoms with Crippen LogP contribution >= 0.6 is 0 Å². The zero-order valence-electron chi connectivity index (χ0n) is 13.5. The van der Waals surface area contributed by atoms with Gasteiger partial charge in [-0.2, -0.15) is 5.10 Å². The van der Waals surface area contributed by atoms with Gasteiger partial charge in [0.1, 0.15) is 11.4 Å². The van der Waals surface area contributed by atoms with E-state index in [1.54, 1.807) is 7.11 Å². The third-order valence-electron chi connectivity index (χ3n) is 4.05. The first-order valence-corrected chi connectivity index (χ1v) is 7.92. The van der Waals surface area contributed by atoms with Crippen LogP contribution in [0.5, 0.6) is 0 Å². The number of hydrogen-bond donors (Lipinski definition) is 2. The maximum Gasteiger partial charge on any atom is 0.257 e. The van der Waals surface area contributed by atoms with Crippen molar-refractivity contribution < 1.29 is 9.53 Å². The fourth-order valence-electron chi connectivity index (χ4n) is 2.89. The van der Waals surface area contributed by atoms with Crippen molar-refractivity contribution in [1.82, 2.24) is 15.1 Å². The monoisotopic (exact) mass is 314 g/mol. The van der Waals surface area contributed by atoms with E-state index in [1.807, 2.05) is 29.8 Å². The Kier molecular flexibility index (Phi) is 4.62. The van der Waals surface area contributed by atoms with Crippen LogP contribution in [0.3, 0.4) is 0 Å². The normalized spacial score (nSPS) is 16.0. The van der Waals surface area contributed by atoms with Crippen molar-refractivity contribution in [2.75, 3.05) is 25.6 Å². The van der Waals surface area contributed by atoms with E-state index in [0.717, 1.165) is 24.5 Å². The standard InChI is InChI=1S/C17H22N4O2/c1-3-13-15(17(22)18-9-10-23-2)16-19-14(11-21(16)20-13)12-7-5-4-6-8-12/h4-8,14,19H,3,9-11H2,1-2H3,(H,18,22). The summed E-state index contributed by atoms with van der Waals surface area (Å²) < 4.78 is 6.89. The van der Waals surface area contributed by atoms with Crippen molar-refractivity contribution in [2.24, 2.45) is 0 Å². The van der Waals surface area contributed by atoms with Gasteiger partial charge in [0.05, 0.1) is 24.9 Å². The fraction of sp³-hybridized carbons (Fsp3) is 0.412. The van der Waals surface area contributed by atoms with Crippen molar-refractivity contribution in [3.8, 4) is 0 Å². The molecule has 122 valence electrons. The van der Waals surface area contributed by atoms with E-state index < -0.39 is 0 Å². The van der Waals surface area contributed by atoms with Crippen LogP contribution < -0.4 is 10.6 Å². The summed E-state index contributed by atoms with van der Waals surface area (Å²) in [4.78, 5) is 12.5. The second kappa shape index (κ2) is 6.83. The van der Waals surface area contributed by atoms with E-state index in [9.17, 15) is 4.79 Å². The largest absolute Gasteiger partial charge is 0.383 e. The second-order valence-corrected chi connectivity index (χ2v) is 5.56. The van der Waals surface area contributed by atoms with Crippen molar-refractivity contribution >= 4 is 11.7 Å². The van der Waals surface area contributed by atoms with Gasteiger partial charge in [-0.1, -0.05) is 37.3 Å². The Balaban J connectivity index is 1.82. The molecule has 3 rings (SSSR count). The predicted molar refractivity (Wildman–Crippen MR) is 88.6 cm³/mol. The van der Waals surface area contributed by atoms with E-state index in [-0.39, 0.29) is 11.9 Å². The predicted octanol–water partition coefficient (Wildman–Crippen LogP) is 1.99. The number of fused-ring (bicyclic) bond motifs is 1. The number of nitrogens with one attached hydrogen (secondary N) is 2. The molecule has 0 spiro atoms. The number of aryl methyl sites for hydroxylation is 1.